The molecule has 0 saturated heterocycles. The number of hydrogen-bond acceptors (Lipinski definition) is 3. The van der Waals surface area contributed by atoms with Crippen molar-refractivity contribution >= 4 is 28.3 Å². The average molecular weight is 414 g/mol. The van der Waals surface area contributed by atoms with Crippen molar-refractivity contribution in [3.8, 4) is 0 Å². The first-order valence-electron chi connectivity index (χ1n) is 7.90. The van der Waals surface area contributed by atoms with E-state index in [2.05, 4.69) is 10.2 Å². The number of H-pyrrole nitrogens is 1. The number of nitrogens with one attached hydrogen (secondary N) is 1. The van der Waals surface area contributed by atoms with E-state index in [0.29, 0.717) is 0 Å². The molecule has 1 atom stereocenters. The summed E-state index contributed by atoms with van der Waals surface area (Å²) in [5.74, 6) is -5.37. The lowest BCUT2D eigenvalue weighted by Gasteiger charge is -2.25. The highest BCUT2D eigenvalue weighted by atomic mass is 35.5. The number of carbonyl (C=O) groups excluding carboxylic acids is 1. The van der Waals surface area contributed by atoms with E-state index in [-0.39, 0.29) is 22.0 Å². The van der Waals surface area contributed by atoms with Gasteiger partial charge in [-0.15, -0.1) is 0 Å². The fraction of sp³-hybridized carbons (Fsp3) is 0.167. The number of nitrogens with zero attached hydrogens (tertiary/aromatic N) is 2. The van der Waals surface area contributed by atoms with Crippen molar-refractivity contribution in [2.45, 2.75) is 13.0 Å². The molecule has 0 aliphatic heterocycles. The fourth-order valence-corrected chi connectivity index (χ4v) is 2.85. The van der Waals surface area contributed by atoms with Crippen LogP contribution < -0.4 is 5.56 Å². The summed E-state index contributed by atoms with van der Waals surface area (Å²) in [6, 6.07) is 2.24. The number of carbonyl (C=O) groups is 1. The second-order valence-corrected chi connectivity index (χ2v) is 6.47. The van der Waals surface area contributed by atoms with Crippen molar-refractivity contribution in [3.05, 3.63) is 74.2 Å². The van der Waals surface area contributed by atoms with Crippen LogP contribution in [0.3, 0.4) is 0 Å². The SMILES string of the molecule is C[C@@H](c1n[nH]c(=O)c2cc(F)c(F)cc12)N(C)C(=O)c1cc(F)c(Cl)c(F)c1. The first kappa shape index (κ1) is 19.8. The van der Waals surface area contributed by atoms with Crippen LogP contribution >= 0.6 is 11.6 Å². The number of benzene rings is 2. The number of aromatic nitrogens is 2. The minimum Gasteiger partial charge on any atom is -0.333 e. The Balaban J connectivity index is 2.05. The topological polar surface area (TPSA) is 66.1 Å². The maximum Gasteiger partial charge on any atom is 0.272 e. The van der Waals surface area contributed by atoms with Gasteiger partial charge in [-0.05, 0) is 31.2 Å². The summed E-state index contributed by atoms with van der Waals surface area (Å²) >= 11 is 5.42. The van der Waals surface area contributed by atoms with Gasteiger partial charge in [0.15, 0.2) is 11.6 Å². The molecular weight excluding hydrogens is 402 g/mol. The lowest BCUT2D eigenvalue weighted by molar-refractivity contribution is 0.0739. The lowest BCUT2D eigenvalue weighted by Crippen LogP contribution is -2.31. The second kappa shape index (κ2) is 7.23. The van der Waals surface area contributed by atoms with Gasteiger partial charge in [-0.3, -0.25) is 9.59 Å². The molecule has 0 bridgehead atoms. The summed E-state index contributed by atoms with van der Waals surface area (Å²) in [7, 11) is 1.33. The van der Waals surface area contributed by atoms with E-state index in [4.69, 9.17) is 11.6 Å². The van der Waals surface area contributed by atoms with Crippen LogP contribution in [0.4, 0.5) is 17.6 Å². The molecule has 3 rings (SSSR count). The maximum atomic E-state index is 13.7. The lowest BCUT2D eigenvalue weighted by atomic mass is 10.0. The molecule has 3 aromatic rings. The molecule has 0 aliphatic rings. The van der Waals surface area contributed by atoms with Gasteiger partial charge in [-0.25, -0.2) is 22.7 Å². The van der Waals surface area contributed by atoms with Crippen molar-refractivity contribution < 1.29 is 22.4 Å². The first-order chi connectivity index (χ1) is 13.1. The first-order valence-corrected chi connectivity index (χ1v) is 8.28. The molecule has 1 amide bonds. The number of fused-ring (bicyclic) bond motifs is 1. The Morgan fingerprint density at radius 2 is 1.57 bits per heavy atom. The van der Waals surface area contributed by atoms with Crippen molar-refractivity contribution in [2.75, 3.05) is 7.05 Å². The standard InChI is InChI=1S/C18H12ClF4N3O2/c1-7(26(2)18(28)8-3-13(22)15(19)14(23)4-8)16-9-5-11(20)12(21)6-10(9)17(27)25-24-16/h3-7H,1-2H3,(H,25,27)/t7-/m0/s1. The summed E-state index contributed by atoms with van der Waals surface area (Å²) in [6.07, 6.45) is 0. The van der Waals surface area contributed by atoms with Crippen LogP contribution in [0.5, 0.6) is 0 Å². The Morgan fingerprint density at radius 3 is 2.14 bits per heavy atom. The highest BCUT2D eigenvalue weighted by Gasteiger charge is 2.25. The van der Waals surface area contributed by atoms with Crippen LogP contribution in [0.1, 0.15) is 29.0 Å². The van der Waals surface area contributed by atoms with Gasteiger partial charge in [-0.2, -0.15) is 5.10 Å². The molecule has 1 heterocycles. The van der Waals surface area contributed by atoms with Crippen LogP contribution in [-0.4, -0.2) is 28.1 Å². The van der Waals surface area contributed by atoms with Crippen molar-refractivity contribution in [2.24, 2.45) is 0 Å². The quantitative estimate of drug-likeness (QED) is 0.522. The second-order valence-electron chi connectivity index (χ2n) is 6.10. The monoisotopic (exact) mass is 413 g/mol. The predicted octanol–water partition coefficient (Wildman–Crippen LogP) is 3.97. The smallest absolute Gasteiger partial charge is 0.272 e. The van der Waals surface area contributed by atoms with Gasteiger partial charge < -0.3 is 4.90 Å². The average Bonchev–Trinajstić information content (AvgIpc) is 2.66. The van der Waals surface area contributed by atoms with Gasteiger partial charge in [0.1, 0.15) is 16.7 Å². The Bertz CT molecular complexity index is 1140. The van der Waals surface area contributed by atoms with Crippen LogP contribution in [0, 0.1) is 23.3 Å². The van der Waals surface area contributed by atoms with E-state index >= 15 is 0 Å². The van der Waals surface area contributed by atoms with E-state index in [1.54, 1.807) is 0 Å². The molecule has 0 saturated carbocycles. The number of halogens is 5. The molecule has 2 aromatic carbocycles. The normalized spacial score (nSPS) is 12.2. The number of aromatic amines is 1. The summed E-state index contributed by atoms with van der Waals surface area (Å²) in [4.78, 5) is 25.6. The number of hydrogen-bond donors (Lipinski definition) is 1. The van der Waals surface area contributed by atoms with Crippen molar-refractivity contribution in [3.63, 3.8) is 0 Å². The molecule has 0 fully saturated rings. The van der Waals surface area contributed by atoms with Gasteiger partial charge in [0.05, 0.1) is 17.1 Å². The molecule has 0 unspecified atom stereocenters. The highest BCUT2D eigenvalue weighted by Crippen LogP contribution is 2.27. The molecule has 146 valence electrons. The van der Waals surface area contributed by atoms with E-state index in [9.17, 15) is 27.2 Å². The molecule has 1 aromatic heterocycles. The Labute approximate surface area is 160 Å². The Kier molecular flexibility index (Phi) is 5.12. The van der Waals surface area contributed by atoms with Crippen LogP contribution in [0.15, 0.2) is 29.1 Å². The maximum absolute atomic E-state index is 13.7. The van der Waals surface area contributed by atoms with Crippen molar-refractivity contribution in [1.82, 2.24) is 15.1 Å². The zero-order valence-electron chi connectivity index (χ0n) is 14.5. The predicted molar refractivity (Wildman–Crippen MR) is 94.2 cm³/mol. The van der Waals surface area contributed by atoms with E-state index in [0.717, 1.165) is 29.2 Å². The zero-order valence-corrected chi connectivity index (χ0v) is 15.2. The summed E-state index contributed by atoms with van der Waals surface area (Å²) in [5.41, 5.74) is -0.973. The summed E-state index contributed by atoms with van der Waals surface area (Å²) in [6.45, 7) is 1.50. The Morgan fingerprint density at radius 1 is 1.04 bits per heavy atom. The van der Waals surface area contributed by atoms with Crippen LogP contribution in [0.25, 0.3) is 10.8 Å². The minimum atomic E-state index is -1.21. The fourth-order valence-electron chi connectivity index (χ4n) is 2.74. The molecule has 28 heavy (non-hydrogen) atoms. The molecule has 10 heteroatoms. The van der Waals surface area contributed by atoms with Crippen molar-refractivity contribution in [1.29, 1.82) is 0 Å². The summed E-state index contributed by atoms with van der Waals surface area (Å²) < 4.78 is 54.5. The van der Waals surface area contributed by atoms with Gasteiger partial charge in [0.2, 0.25) is 0 Å². The Hall–Kier alpha value is -2.94. The van der Waals surface area contributed by atoms with Gasteiger partial charge in [0, 0.05) is 18.0 Å². The summed E-state index contributed by atoms with van der Waals surface area (Å²) in [5, 5.41) is 5.11. The number of rotatable bonds is 3. The van der Waals surface area contributed by atoms with Gasteiger partial charge >= 0.3 is 0 Å². The number of amides is 1. The van der Waals surface area contributed by atoms with Crippen LogP contribution in [0.2, 0.25) is 5.02 Å². The largest absolute Gasteiger partial charge is 0.333 e. The molecule has 1 N–H and O–H groups in total. The third-order valence-corrected chi connectivity index (χ3v) is 4.75. The zero-order chi connectivity index (χ0) is 20.7. The molecule has 5 nitrogen and oxygen atoms in total. The van der Waals surface area contributed by atoms with E-state index in [1.807, 2.05) is 0 Å². The van der Waals surface area contributed by atoms with Gasteiger partial charge in [-0.1, -0.05) is 11.6 Å². The molecular formula is C18H12ClF4N3O2. The molecule has 0 aliphatic carbocycles. The minimum absolute atomic E-state index is 0.00303. The van der Waals surface area contributed by atoms with E-state index in [1.165, 1.54) is 14.0 Å². The molecule has 0 spiro atoms. The van der Waals surface area contributed by atoms with Gasteiger partial charge in [0.25, 0.3) is 11.5 Å². The van der Waals surface area contributed by atoms with E-state index < -0.39 is 45.8 Å². The third-order valence-electron chi connectivity index (χ3n) is 4.39. The highest BCUT2D eigenvalue weighted by molar-refractivity contribution is 6.31. The van der Waals surface area contributed by atoms with Crippen LogP contribution in [-0.2, 0) is 0 Å². The molecule has 0 radical (unpaired) electrons. The third kappa shape index (κ3) is 3.33.